The van der Waals surface area contributed by atoms with Crippen molar-refractivity contribution in [2.75, 3.05) is 26.8 Å². The Morgan fingerprint density at radius 3 is 2.42 bits per heavy atom. The molecular formula is C14H22N2O3. The van der Waals surface area contributed by atoms with Crippen LogP contribution < -0.4 is 10.6 Å². The zero-order chi connectivity index (χ0) is 13.9. The molecule has 2 amide bonds. The maximum absolute atomic E-state index is 11.4. The highest BCUT2D eigenvalue weighted by molar-refractivity contribution is 5.73. The number of hydrogen-bond donors (Lipinski definition) is 3. The summed E-state index contributed by atoms with van der Waals surface area (Å²) in [6, 6.07) is 7.55. The van der Waals surface area contributed by atoms with E-state index >= 15 is 0 Å². The number of urea groups is 1. The average molecular weight is 266 g/mol. The lowest BCUT2D eigenvalue weighted by molar-refractivity contribution is 0.193. The zero-order valence-corrected chi connectivity index (χ0v) is 11.3. The van der Waals surface area contributed by atoms with Gasteiger partial charge in [0.15, 0.2) is 0 Å². The predicted octanol–water partition coefficient (Wildman–Crippen LogP) is 1.06. The van der Waals surface area contributed by atoms with Gasteiger partial charge in [-0.25, -0.2) is 4.79 Å². The Morgan fingerprint density at radius 1 is 1.16 bits per heavy atom. The number of aliphatic hydroxyl groups is 1. The standard InChI is InChI=1S/C14H22N2O3/c1-19-10-2-8-15-14(18)16-9-7-12-3-5-13(11-17)6-4-12/h3-6,17H,2,7-11H2,1H3,(H2,15,16,18). The van der Waals surface area contributed by atoms with Crippen molar-refractivity contribution in [3.63, 3.8) is 0 Å². The largest absolute Gasteiger partial charge is 0.392 e. The minimum Gasteiger partial charge on any atom is -0.392 e. The predicted molar refractivity (Wildman–Crippen MR) is 74.0 cm³/mol. The van der Waals surface area contributed by atoms with Crippen molar-refractivity contribution in [1.82, 2.24) is 10.6 Å². The molecule has 0 aromatic heterocycles. The second-order valence-corrected chi connectivity index (χ2v) is 4.25. The van der Waals surface area contributed by atoms with Gasteiger partial charge in [0.05, 0.1) is 6.61 Å². The summed E-state index contributed by atoms with van der Waals surface area (Å²) >= 11 is 0. The van der Waals surface area contributed by atoms with Crippen molar-refractivity contribution < 1.29 is 14.6 Å². The van der Waals surface area contributed by atoms with Crippen LogP contribution >= 0.6 is 0 Å². The summed E-state index contributed by atoms with van der Waals surface area (Å²) in [5.74, 6) is 0. The minimum absolute atomic E-state index is 0.0579. The smallest absolute Gasteiger partial charge is 0.314 e. The molecule has 0 heterocycles. The number of methoxy groups -OCH3 is 1. The van der Waals surface area contributed by atoms with Crippen LogP contribution in [-0.4, -0.2) is 37.9 Å². The van der Waals surface area contributed by atoms with Crippen LogP contribution in [0.1, 0.15) is 17.5 Å². The SMILES string of the molecule is COCCCNC(=O)NCCc1ccc(CO)cc1. The van der Waals surface area contributed by atoms with Crippen LogP contribution in [0.4, 0.5) is 4.79 Å². The number of carbonyl (C=O) groups excluding carboxylic acids is 1. The van der Waals surface area contributed by atoms with Crippen LogP contribution in [0, 0.1) is 0 Å². The molecule has 0 aliphatic carbocycles. The van der Waals surface area contributed by atoms with Gasteiger partial charge in [0.1, 0.15) is 0 Å². The Bertz CT molecular complexity index is 365. The van der Waals surface area contributed by atoms with Crippen LogP contribution in [0.15, 0.2) is 24.3 Å². The van der Waals surface area contributed by atoms with E-state index in [9.17, 15) is 4.79 Å². The fraction of sp³-hybridized carbons (Fsp3) is 0.500. The van der Waals surface area contributed by atoms with Crippen molar-refractivity contribution in [3.8, 4) is 0 Å². The van der Waals surface area contributed by atoms with Gasteiger partial charge >= 0.3 is 6.03 Å². The Morgan fingerprint density at radius 2 is 1.79 bits per heavy atom. The van der Waals surface area contributed by atoms with Crippen molar-refractivity contribution in [2.45, 2.75) is 19.4 Å². The number of carbonyl (C=O) groups is 1. The maximum Gasteiger partial charge on any atom is 0.314 e. The summed E-state index contributed by atoms with van der Waals surface area (Å²) in [5.41, 5.74) is 2.03. The monoisotopic (exact) mass is 266 g/mol. The molecule has 1 rings (SSSR count). The van der Waals surface area contributed by atoms with Crippen molar-refractivity contribution in [2.24, 2.45) is 0 Å². The molecule has 3 N–H and O–H groups in total. The normalized spacial score (nSPS) is 10.2. The summed E-state index contributed by atoms with van der Waals surface area (Å²) in [4.78, 5) is 11.4. The molecule has 0 unspecified atom stereocenters. The van der Waals surface area contributed by atoms with Crippen molar-refractivity contribution >= 4 is 6.03 Å². The highest BCUT2D eigenvalue weighted by atomic mass is 16.5. The molecule has 5 nitrogen and oxygen atoms in total. The molecule has 0 spiro atoms. The van der Waals surface area contributed by atoms with Gasteiger partial charge in [-0.1, -0.05) is 24.3 Å². The topological polar surface area (TPSA) is 70.6 Å². The Labute approximate surface area is 114 Å². The quantitative estimate of drug-likeness (QED) is 0.616. The summed E-state index contributed by atoms with van der Waals surface area (Å²) in [6.07, 6.45) is 1.59. The number of aliphatic hydroxyl groups excluding tert-OH is 1. The van der Waals surface area contributed by atoms with E-state index in [1.54, 1.807) is 7.11 Å². The summed E-state index contributed by atoms with van der Waals surface area (Å²) < 4.78 is 4.89. The van der Waals surface area contributed by atoms with Gasteiger partial charge in [-0.05, 0) is 24.0 Å². The van der Waals surface area contributed by atoms with Gasteiger partial charge in [0.2, 0.25) is 0 Å². The second kappa shape index (κ2) is 9.35. The van der Waals surface area contributed by atoms with Gasteiger partial charge in [-0.15, -0.1) is 0 Å². The van der Waals surface area contributed by atoms with Crippen LogP contribution in [0.2, 0.25) is 0 Å². The minimum atomic E-state index is -0.150. The summed E-state index contributed by atoms with van der Waals surface area (Å²) in [5, 5.41) is 14.5. The van der Waals surface area contributed by atoms with Gasteiger partial charge in [0.25, 0.3) is 0 Å². The molecule has 0 aliphatic rings. The molecule has 0 aliphatic heterocycles. The van der Waals surface area contributed by atoms with Crippen LogP contribution in [0.5, 0.6) is 0 Å². The van der Waals surface area contributed by atoms with E-state index in [1.165, 1.54) is 0 Å². The molecule has 0 bridgehead atoms. The fourth-order valence-corrected chi connectivity index (χ4v) is 1.61. The molecule has 0 radical (unpaired) electrons. The molecular weight excluding hydrogens is 244 g/mol. The van der Waals surface area contributed by atoms with Gasteiger partial charge < -0.3 is 20.5 Å². The fourth-order valence-electron chi connectivity index (χ4n) is 1.61. The van der Waals surface area contributed by atoms with Crippen molar-refractivity contribution in [3.05, 3.63) is 35.4 Å². The maximum atomic E-state index is 11.4. The molecule has 19 heavy (non-hydrogen) atoms. The molecule has 0 fully saturated rings. The molecule has 1 aromatic rings. The van der Waals surface area contributed by atoms with E-state index in [0.717, 1.165) is 24.0 Å². The Kier molecular flexibility index (Phi) is 7.62. The second-order valence-electron chi connectivity index (χ2n) is 4.25. The van der Waals surface area contributed by atoms with E-state index in [-0.39, 0.29) is 12.6 Å². The highest BCUT2D eigenvalue weighted by Crippen LogP contribution is 2.04. The third kappa shape index (κ3) is 6.79. The van der Waals surface area contributed by atoms with Gasteiger partial charge in [-0.3, -0.25) is 0 Å². The third-order valence-electron chi connectivity index (χ3n) is 2.72. The number of ether oxygens (including phenoxy) is 1. The van der Waals surface area contributed by atoms with Crippen LogP contribution in [0.25, 0.3) is 0 Å². The number of hydrogen-bond acceptors (Lipinski definition) is 3. The van der Waals surface area contributed by atoms with Gasteiger partial charge in [0, 0.05) is 26.8 Å². The Balaban J connectivity index is 2.13. The molecule has 5 heteroatoms. The first kappa shape index (κ1) is 15.5. The van der Waals surface area contributed by atoms with E-state index in [0.29, 0.717) is 19.7 Å². The lowest BCUT2D eigenvalue weighted by Gasteiger charge is -2.07. The first-order valence-corrected chi connectivity index (χ1v) is 6.45. The third-order valence-corrected chi connectivity index (χ3v) is 2.72. The molecule has 0 atom stereocenters. The number of nitrogens with one attached hydrogen (secondary N) is 2. The van der Waals surface area contributed by atoms with E-state index in [4.69, 9.17) is 9.84 Å². The Hall–Kier alpha value is -1.59. The number of rotatable bonds is 8. The zero-order valence-electron chi connectivity index (χ0n) is 11.3. The first-order chi connectivity index (χ1) is 9.26. The van der Waals surface area contributed by atoms with Gasteiger partial charge in [-0.2, -0.15) is 0 Å². The molecule has 106 valence electrons. The lowest BCUT2D eigenvalue weighted by Crippen LogP contribution is -2.37. The summed E-state index contributed by atoms with van der Waals surface area (Å²) in [6.45, 7) is 1.92. The van der Waals surface area contributed by atoms with Crippen molar-refractivity contribution in [1.29, 1.82) is 0 Å². The number of amides is 2. The molecule has 0 saturated heterocycles. The summed E-state index contributed by atoms with van der Waals surface area (Å²) in [7, 11) is 1.64. The van der Waals surface area contributed by atoms with E-state index in [1.807, 2.05) is 24.3 Å². The van der Waals surface area contributed by atoms with E-state index < -0.39 is 0 Å². The van der Waals surface area contributed by atoms with Crippen LogP contribution in [-0.2, 0) is 17.8 Å². The lowest BCUT2D eigenvalue weighted by atomic mass is 10.1. The van der Waals surface area contributed by atoms with Crippen LogP contribution in [0.3, 0.4) is 0 Å². The highest BCUT2D eigenvalue weighted by Gasteiger charge is 1.99. The van der Waals surface area contributed by atoms with E-state index in [2.05, 4.69) is 10.6 Å². The average Bonchev–Trinajstić information content (AvgIpc) is 2.44. The first-order valence-electron chi connectivity index (χ1n) is 6.45. The number of benzene rings is 1. The molecule has 0 saturated carbocycles. The molecule has 1 aromatic carbocycles.